The van der Waals surface area contributed by atoms with Crippen molar-refractivity contribution in [1.29, 1.82) is 0 Å². The lowest BCUT2D eigenvalue weighted by Gasteiger charge is -2.14. The third-order valence-electron chi connectivity index (χ3n) is 4.91. The number of hydrogen-bond acceptors (Lipinski definition) is 7. The zero-order valence-corrected chi connectivity index (χ0v) is 21.2. The van der Waals surface area contributed by atoms with Gasteiger partial charge in [-0.3, -0.25) is 9.52 Å². The van der Waals surface area contributed by atoms with Gasteiger partial charge < -0.3 is 14.5 Å². The van der Waals surface area contributed by atoms with Crippen molar-refractivity contribution >= 4 is 61.8 Å². The van der Waals surface area contributed by atoms with Gasteiger partial charge in [0.25, 0.3) is 15.2 Å². The predicted molar refractivity (Wildman–Crippen MR) is 134 cm³/mol. The van der Waals surface area contributed by atoms with Crippen molar-refractivity contribution in [3.8, 4) is 5.75 Å². The Kier molecular flexibility index (Phi) is 7.57. The molecule has 0 radical (unpaired) electrons. The fourth-order valence-corrected chi connectivity index (χ4v) is 5.19. The van der Waals surface area contributed by atoms with E-state index in [1.165, 1.54) is 31.4 Å². The lowest BCUT2D eigenvalue weighted by Crippen LogP contribution is -2.18. The van der Waals surface area contributed by atoms with Gasteiger partial charge in [-0.15, -0.1) is 0 Å². The van der Waals surface area contributed by atoms with Crippen LogP contribution in [0, 0.1) is 0 Å². The number of fused-ring (bicyclic) bond motifs is 1. The van der Waals surface area contributed by atoms with E-state index in [1.54, 1.807) is 24.3 Å². The van der Waals surface area contributed by atoms with Gasteiger partial charge in [-0.25, -0.2) is 13.4 Å². The topological polar surface area (TPSA) is 111 Å². The first-order valence-electron chi connectivity index (χ1n) is 10.3. The van der Waals surface area contributed by atoms with Crippen molar-refractivity contribution in [1.82, 2.24) is 4.98 Å². The van der Waals surface area contributed by atoms with E-state index in [0.717, 1.165) is 23.9 Å². The van der Waals surface area contributed by atoms with Crippen molar-refractivity contribution < 1.29 is 35.5 Å². The lowest BCUT2D eigenvalue weighted by molar-refractivity contribution is -0.137. The number of para-hydroxylation sites is 3. The SMILES string of the molecule is COc1ccccc1NS(=O)(=O)c1ccc2oc(SCC(=O)Nc3c(Cl)cccc3C(F)(F)F)nc2c1. The van der Waals surface area contributed by atoms with E-state index in [1.807, 2.05) is 0 Å². The molecule has 0 atom stereocenters. The summed E-state index contributed by atoms with van der Waals surface area (Å²) in [4.78, 5) is 16.4. The molecule has 8 nitrogen and oxygen atoms in total. The van der Waals surface area contributed by atoms with E-state index < -0.39 is 33.4 Å². The molecule has 37 heavy (non-hydrogen) atoms. The third kappa shape index (κ3) is 6.12. The van der Waals surface area contributed by atoms with Crippen LogP contribution in [0.2, 0.25) is 5.02 Å². The van der Waals surface area contributed by atoms with Crippen LogP contribution in [0.25, 0.3) is 11.1 Å². The Morgan fingerprint density at radius 2 is 1.89 bits per heavy atom. The third-order valence-corrected chi connectivity index (χ3v) is 7.42. The number of thioether (sulfide) groups is 1. The number of hydrogen-bond donors (Lipinski definition) is 2. The van der Waals surface area contributed by atoms with Crippen LogP contribution in [0.15, 0.2) is 75.2 Å². The molecule has 0 aliphatic carbocycles. The summed E-state index contributed by atoms with van der Waals surface area (Å²) in [5, 5.41) is 1.93. The lowest BCUT2D eigenvalue weighted by atomic mass is 10.1. The number of amides is 1. The second-order valence-corrected chi connectivity index (χ2v) is 10.4. The molecular weight excluding hydrogens is 555 g/mol. The number of carbonyl (C=O) groups is 1. The summed E-state index contributed by atoms with van der Waals surface area (Å²) in [5.74, 6) is -0.768. The molecular formula is C23H17ClF3N3O5S2. The molecule has 4 rings (SSSR count). The fourth-order valence-electron chi connectivity index (χ4n) is 3.24. The highest BCUT2D eigenvalue weighted by Crippen LogP contribution is 2.38. The maximum atomic E-state index is 13.2. The van der Waals surface area contributed by atoms with Gasteiger partial charge in [0.2, 0.25) is 5.91 Å². The number of halogens is 4. The van der Waals surface area contributed by atoms with Crippen molar-refractivity contribution in [3.63, 3.8) is 0 Å². The van der Waals surface area contributed by atoms with Crippen LogP contribution in [0.5, 0.6) is 5.75 Å². The highest BCUT2D eigenvalue weighted by atomic mass is 35.5. The number of oxazole rings is 1. The Bertz CT molecular complexity index is 1580. The van der Waals surface area contributed by atoms with Crippen LogP contribution < -0.4 is 14.8 Å². The summed E-state index contributed by atoms with van der Waals surface area (Å²) in [6, 6.07) is 13.7. The van der Waals surface area contributed by atoms with Crippen LogP contribution >= 0.6 is 23.4 Å². The number of aromatic nitrogens is 1. The largest absolute Gasteiger partial charge is 0.495 e. The van der Waals surface area contributed by atoms with Crippen molar-refractivity contribution in [2.45, 2.75) is 16.3 Å². The molecule has 14 heteroatoms. The van der Waals surface area contributed by atoms with E-state index in [4.69, 9.17) is 20.8 Å². The minimum Gasteiger partial charge on any atom is -0.495 e. The van der Waals surface area contributed by atoms with Gasteiger partial charge in [-0.2, -0.15) is 13.2 Å². The van der Waals surface area contributed by atoms with E-state index >= 15 is 0 Å². The fraction of sp³-hybridized carbons (Fsp3) is 0.130. The number of alkyl halides is 3. The normalized spacial score (nSPS) is 11.9. The van der Waals surface area contributed by atoms with Crippen LogP contribution in [0.4, 0.5) is 24.5 Å². The molecule has 2 N–H and O–H groups in total. The van der Waals surface area contributed by atoms with Crippen LogP contribution in [0.1, 0.15) is 5.56 Å². The molecule has 1 aromatic heterocycles. The molecule has 0 unspecified atom stereocenters. The van der Waals surface area contributed by atoms with E-state index in [0.29, 0.717) is 5.75 Å². The summed E-state index contributed by atoms with van der Waals surface area (Å²) >= 11 is 6.67. The molecule has 0 spiro atoms. The second kappa shape index (κ2) is 10.5. The minimum atomic E-state index is -4.71. The molecule has 0 saturated heterocycles. The number of rotatable bonds is 8. The summed E-state index contributed by atoms with van der Waals surface area (Å²) in [7, 11) is -2.58. The molecule has 194 valence electrons. The smallest absolute Gasteiger partial charge is 0.418 e. The first-order valence-corrected chi connectivity index (χ1v) is 13.2. The molecule has 0 bridgehead atoms. The number of anilines is 2. The zero-order chi connectivity index (χ0) is 26.8. The molecule has 1 heterocycles. The first kappa shape index (κ1) is 26.6. The van der Waals surface area contributed by atoms with Gasteiger partial charge >= 0.3 is 6.18 Å². The quantitative estimate of drug-likeness (QED) is 0.248. The molecule has 0 aliphatic rings. The Balaban J connectivity index is 1.47. The van der Waals surface area contributed by atoms with Gasteiger partial charge in [-0.05, 0) is 42.5 Å². The van der Waals surface area contributed by atoms with Crippen LogP contribution in [0.3, 0.4) is 0 Å². The minimum absolute atomic E-state index is 0.0209. The Morgan fingerprint density at radius 1 is 1.14 bits per heavy atom. The number of sulfonamides is 1. The standard InChI is InChI=1S/C23H17ClF3N3O5S2/c1-34-18-8-3-2-7-16(18)30-37(32,33)13-9-10-19-17(11-13)28-22(35-19)36-12-20(31)29-21-14(23(25,26)27)5-4-6-15(21)24/h2-11,30H,12H2,1H3,(H,29,31). The van der Waals surface area contributed by atoms with Crippen LogP contribution in [-0.4, -0.2) is 32.2 Å². The molecule has 0 saturated carbocycles. The van der Waals surface area contributed by atoms with Crippen LogP contribution in [-0.2, 0) is 21.0 Å². The summed E-state index contributed by atoms with van der Waals surface area (Å²) in [6.45, 7) is 0. The van der Waals surface area contributed by atoms with Crippen molar-refractivity contribution in [2.75, 3.05) is 22.9 Å². The molecule has 0 aliphatic heterocycles. The molecule has 0 fully saturated rings. The average molecular weight is 572 g/mol. The second-order valence-electron chi connectivity index (χ2n) is 7.41. The summed E-state index contributed by atoms with van der Waals surface area (Å²) < 4.78 is 78.5. The van der Waals surface area contributed by atoms with E-state index in [2.05, 4.69) is 15.0 Å². The molecule has 3 aromatic carbocycles. The van der Waals surface area contributed by atoms with E-state index in [9.17, 15) is 26.4 Å². The molecule has 4 aromatic rings. The molecule has 1 amide bonds. The van der Waals surface area contributed by atoms with E-state index in [-0.39, 0.29) is 37.7 Å². The van der Waals surface area contributed by atoms with Gasteiger partial charge in [0.15, 0.2) is 5.58 Å². The average Bonchev–Trinajstić information content (AvgIpc) is 3.26. The number of carbonyl (C=O) groups excluding carboxylic acids is 1. The number of nitrogens with zero attached hydrogens (tertiary/aromatic N) is 1. The Labute approximate surface area is 218 Å². The summed E-state index contributed by atoms with van der Waals surface area (Å²) in [5.41, 5.74) is -0.909. The Hall–Kier alpha value is -3.42. The van der Waals surface area contributed by atoms with Gasteiger partial charge in [-0.1, -0.05) is 41.6 Å². The van der Waals surface area contributed by atoms with Crippen molar-refractivity contribution in [2.24, 2.45) is 0 Å². The van der Waals surface area contributed by atoms with Gasteiger partial charge in [0.1, 0.15) is 11.3 Å². The maximum absolute atomic E-state index is 13.2. The number of nitrogens with one attached hydrogen (secondary N) is 2. The Morgan fingerprint density at radius 3 is 2.62 bits per heavy atom. The predicted octanol–water partition coefficient (Wildman–Crippen LogP) is 6.04. The van der Waals surface area contributed by atoms with Crippen molar-refractivity contribution in [3.05, 3.63) is 71.2 Å². The zero-order valence-electron chi connectivity index (χ0n) is 18.8. The summed E-state index contributed by atoms with van der Waals surface area (Å²) in [6.07, 6.45) is -4.71. The highest BCUT2D eigenvalue weighted by molar-refractivity contribution is 7.99. The monoisotopic (exact) mass is 571 g/mol. The van der Waals surface area contributed by atoms with Gasteiger partial charge in [0.05, 0.1) is 39.7 Å². The first-order chi connectivity index (χ1) is 17.5. The highest BCUT2D eigenvalue weighted by Gasteiger charge is 2.34. The van der Waals surface area contributed by atoms with Gasteiger partial charge in [0, 0.05) is 0 Å². The number of ether oxygens (including phenoxy) is 1. The maximum Gasteiger partial charge on any atom is 0.418 e. The number of benzene rings is 3. The number of methoxy groups -OCH3 is 1.